The number of anilines is 1. The summed E-state index contributed by atoms with van der Waals surface area (Å²) in [7, 11) is -3.97. The lowest BCUT2D eigenvalue weighted by molar-refractivity contribution is -0.119. The smallest absolute Gasteiger partial charge is 0.264 e. The van der Waals surface area contributed by atoms with Crippen molar-refractivity contribution in [3.8, 4) is 0 Å². The Morgan fingerprint density at radius 1 is 1.03 bits per heavy atom. The molecule has 0 bridgehead atoms. The number of carbonyl (C=O) groups is 1. The number of nitrogens with zero attached hydrogens (tertiary/aromatic N) is 1. The summed E-state index contributed by atoms with van der Waals surface area (Å²) in [5.41, 5.74) is 1.45. The van der Waals surface area contributed by atoms with E-state index >= 15 is 0 Å². The molecule has 0 aromatic heterocycles. The number of amides is 1. The van der Waals surface area contributed by atoms with Gasteiger partial charge in [-0.3, -0.25) is 9.10 Å². The number of carbonyl (C=O) groups excluding carboxylic acids is 1. The van der Waals surface area contributed by atoms with Gasteiger partial charge >= 0.3 is 0 Å². The Balaban J connectivity index is 1.85. The van der Waals surface area contributed by atoms with E-state index in [9.17, 15) is 13.2 Å². The van der Waals surface area contributed by atoms with Crippen LogP contribution in [0.25, 0.3) is 0 Å². The Bertz CT molecular complexity index is 1010. The van der Waals surface area contributed by atoms with Crippen molar-refractivity contribution in [2.45, 2.75) is 30.6 Å². The molecular formula is C21H22Cl2N2O3S. The van der Waals surface area contributed by atoms with Crippen LogP contribution in [0.1, 0.15) is 25.7 Å². The maximum absolute atomic E-state index is 13.2. The van der Waals surface area contributed by atoms with Gasteiger partial charge < -0.3 is 5.32 Å². The second kappa shape index (κ2) is 9.65. The van der Waals surface area contributed by atoms with E-state index in [1.54, 1.807) is 18.2 Å². The number of nitrogens with one attached hydrogen (secondary N) is 1. The molecule has 0 aliphatic heterocycles. The summed E-state index contributed by atoms with van der Waals surface area (Å²) in [6.07, 6.45) is 6.39. The summed E-state index contributed by atoms with van der Waals surface area (Å²) < 4.78 is 27.5. The number of sulfonamides is 1. The monoisotopic (exact) mass is 452 g/mol. The van der Waals surface area contributed by atoms with Crippen LogP contribution in [0, 0.1) is 0 Å². The van der Waals surface area contributed by atoms with Crippen LogP contribution in [0.4, 0.5) is 5.69 Å². The lowest BCUT2D eigenvalue weighted by atomic mass is 10.00. The number of halogens is 2. The van der Waals surface area contributed by atoms with Crippen molar-refractivity contribution in [2.24, 2.45) is 0 Å². The van der Waals surface area contributed by atoms with Crippen LogP contribution in [0.2, 0.25) is 10.0 Å². The van der Waals surface area contributed by atoms with E-state index in [0.717, 1.165) is 30.0 Å². The van der Waals surface area contributed by atoms with Crippen LogP contribution in [-0.2, 0) is 14.8 Å². The first-order chi connectivity index (χ1) is 13.9. The van der Waals surface area contributed by atoms with Crippen molar-refractivity contribution in [2.75, 3.05) is 17.4 Å². The second-order valence-electron chi connectivity index (χ2n) is 6.81. The molecule has 29 heavy (non-hydrogen) atoms. The molecule has 0 atom stereocenters. The van der Waals surface area contributed by atoms with Gasteiger partial charge in [0.1, 0.15) is 6.54 Å². The highest BCUT2D eigenvalue weighted by Gasteiger charge is 2.27. The van der Waals surface area contributed by atoms with Gasteiger partial charge in [0.15, 0.2) is 0 Å². The molecule has 3 rings (SSSR count). The highest BCUT2D eigenvalue weighted by atomic mass is 35.5. The van der Waals surface area contributed by atoms with Gasteiger partial charge in [-0.25, -0.2) is 8.42 Å². The third-order valence-corrected chi connectivity index (χ3v) is 7.23. The van der Waals surface area contributed by atoms with Crippen molar-refractivity contribution in [3.63, 3.8) is 0 Å². The molecule has 1 N–H and O–H groups in total. The molecule has 0 unspecified atom stereocenters. The van der Waals surface area contributed by atoms with Crippen LogP contribution in [0.3, 0.4) is 0 Å². The lowest BCUT2D eigenvalue weighted by Gasteiger charge is -2.24. The average Bonchev–Trinajstić information content (AvgIpc) is 2.74. The summed E-state index contributed by atoms with van der Waals surface area (Å²) in [6.45, 7) is 0.0713. The predicted molar refractivity (Wildman–Crippen MR) is 117 cm³/mol. The zero-order chi connectivity index (χ0) is 20.9. The summed E-state index contributed by atoms with van der Waals surface area (Å²) in [4.78, 5) is 12.7. The minimum Gasteiger partial charge on any atom is -0.351 e. The number of allylic oxidation sites excluding steroid dienone is 1. The van der Waals surface area contributed by atoms with Crippen LogP contribution < -0.4 is 9.62 Å². The van der Waals surface area contributed by atoms with E-state index in [0.29, 0.717) is 11.6 Å². The Kier molecular flexibility index (Phi) is 7.22. The summed E-state index contributed by atoms with van der Waals surface area (Å²) >= 11 is 12.1. The number of rotatable bonds is 7. The van der Waals surface area contributed by atoms with E-state index in [2.05, 4.69) is 11.4 Å². The fraction of sp³-hybridized carbons (Fsp3) is 0.286. The number of hydrogen-bond donors (Lipinski definition) is 1. The molecule has 154 valence electrons. The van der Waals surface area contributed by atoms with E-state index in [1.807, 2.05) is 0 Å². The van der Waals surface area contributed by atoms with Crippen molar-refractivity contribution in [1.29, 1.82) is 0 Å². The highest BCUT2D eigenvalue weighted by Crippen LogP contribution is 2.30. The van der Waals surface area contributed by atoms with Gasteiger partial charge in [-0.1, -0.05) is 53.1 Å². The molecular weight excluding hydrogens is 431 g/mol. The number of benzene rings is 2. The van der Waals surface area contributed by atoms with Gasteiger partial charge in [0.25, 0.3) is 10.0 Å². The highest BCUT2D eigenvalue weighted by molar-refractivity contribution is 7.92. The van der Waals surface area contributed by atoms with Crippen molar-refractivity contribution in [3.05, 3.63) is 70.2 Å². The Labute approximate surface area is 181 Å². The Hall–Kier alpha value is -2.02. The maximum atomic E-state index is 13.2. The van der Waals surface area contributed by atoms with Gasteiger partial charge in [0, 0.05) is 6.54 Å². The molecule has 0 heterocycles. The fourth-order valence-electron chi connectivity index (χ4n) is 3.14. The zero-order valence-electron chi connectivity index (χ0n) is 15.8. The quantitative estimate of drug-likeness (QED) is 0.613. The van der Waals surface area contributed by atoms with Crippen molar-refractivity contribution >= 4 is 44.8 Å². The molecule has 1 aliphatic carbocycles. The molecule has 0 radical (unpaired) electrons. The standard InChI is InChI=1S/C21H22Cl2N2O3S/c22-19-12-11-17(13-20(19)23)25(29(27,28)18-9-5-2-6-10-18)15-21(26)24-14-16-7-3-1-4-8-16/h2,5-7,9-13H,1,3-4,8,14-15H2,(H,24,26). The largest absolute Gasteiger partial charge is 0.351 e. The van der Waals surface area contributed by atoms with E-state index in [-0.39, 0.29) is 28.1 Å². The summed E-state index contributed by atoms with van der Waals surface area (Å²) in [6, 6.07) is 12.5. The van der Waals surface area contributed by atoms with Gasteiger partial charge in [-0.05, 0) is 56.0 Å². The lowest BCUT2D eigenvalue weighted by Crippen LogP contribution is -2.41. The van der Waals surface area contributed by atoms with Gasteiger partial charge in [0.05, 0.1) is 20.6 Å². The molecule has 0 spiro atoms. The molecule has 0 fully saturated rings. The van der Waals surface area contributed by atoms with Crippen LogP contribution in [-0.4, -0.2) is 27.4 Å². The molecule has 1 aliphatic rings. The minimum absolute atomic E-state index is 0.0915. The molecule has 0 saturated heterocycles. The summed E-state index contributed by atoms with van der Waals surface area (Å²) in [5.74, 6) is -0.387. The van der Waals surface area contributed by atoms with Crippen molar-refractivity contribution in [1.82, 2.24) is 5.32 Å². The van der Waals surface area contributed by atoms with Crippen LogP contribution in [0.15, 0.2) is 65.1 Å². The van der Waals surface area contributed by atoms with Crippen LogP contribution in [0.5, 0.6) is 0 Å². The maximum Gasteiger partial charge on any atom is 0.264 e. The van der Waals surface area contributed by atoms with Gasteiger partial charge in [-0.2, -0.15) is 0 Å². The minimum atomic E-state index is -3.97. The zero-order valence-corrected chi connectivity index (χ0v) is 18.1. The first-order valence-electron chi connectivity index (χ1n) is 9.35. The molecule has 5 nitrogen and oxygen atoms in total. The van der Waals surface area contributed by atoms with E-state index in [4.69, 9.17) is 23.2 Å². The van der Waals surface area contributed by atoms with Gasteiger partial charge in [-0.15, -0.1) is 0 Å². The SMILES string of the molecule is O=C(CN(c1ccc(Cl)c(Cl)c1)S(=O)(=O)c1ccccc1)NCC1=CCCCC1. The normalized spacial score (nSPS) is 14.2. The average molecular weight is 453 g/mol. The molecule has 1 amide bonds. The van der Waals surface area contributed by atoms with E-state index in [1.165, 1.54) is 35.9 Å². The molecule has 8 heteroatoms. The summed E-state index contributed by atoms with van der Waals surface area (Å²) in [5, 5.41) is 3.35. The first-order valence-corrected chi connectivity index (χ1v) is 11.5. The van der Waals surface area contributed by atoms with E-state index < -0.39 is 10.0 Å². The number of hydrogen-bond acceptors (Lipinski definition) is 3. The first kappa shape index (κ1) is 21.7. The topological polar surface area (TPSA) is 66.5 Å². The molecule has 0 saturated carbocycles. The Morgan fingerprint density at radius 3 is 2.45 bits per heavy atom. The third kappa shape index (κ3) is 5.53. The molecule has 2 aromatic carbocycles. The van der Waals surface area contributed by atoms with Crippen LogP contribution >= 0.6 is 23.2 Å². The predicted octanol–water partition coefficient (Wildman–Crippen LogP) is 4.81. The molecule has 2 aromatic rings. The Morgan fingerprint density at radius 2 is 1.79 bits per heavy atom. The van der Waals surface area contributed by atoms with Crippen molar-refractivity contribution < 1.29 is 13.2 Å². The fourth-order valence-corrected chi connectivity index (χ4v) is 4.86. The second-order valence-corrected chi connectivity index (χ2v) is 9.48. The third-order valence-electron chi connectivity index (χ3n) is 4.71. The van der Waals surface area contributed by atoms with Gasteiger partial charge in [0.2, 0.25) is 5.91 Å².